The highest BCUT2D eigenvalue weighted by Crippen LogP contribution is 2.61. The summed E-state index contributed by atoms with van der Waals surface area (Å²) in [5.74, 6) is -0.700. The average Bonchev–Trinajstić information content (AvgIpc) is 3.24. The van der Waals surface area contributed by atoms with Crippen LogP contribution in [0.2, 0.25) is 0 Å². The fraction of sp³-hybridized carbons (Fsp3) is 0.321. The number of amides is 3. The average molecular weight is 528 g/mol. The van der Waals surface area contributed by atoms with E-state index in [1.165, 1.54) is 23.0 Å². The monoisotopic (exact) mass is 527 g/mol. The van der Waals surface area contributed by atoms with Crippen LogP contribution in [0.4, 0.5) is 14.9 Å². The number of carbonyl (C=O) groups is 2. The Balaban J connectivity index is 1.11. The van der Waals surface area contributed by atoms with Gasteiger partial charge in [-0.15, -0.1) is 0 Å². The number of halogens is 1. The zero-order valence-corrected chi connectivity index (χ0v) is 21.3. The lowest BCUT2D eigenvalue weighted by Crippen LogP contribution is -2.49. The standard InChI is InChI=1S/C28H26FN7O3/c1-27-15-34(14-18-2-4-19(5-3-18)36-17-30-16-32-36)11-9-28(27,39-27)22-6-7-23-21(25(22)29)12-20(13-31-23)35-10-8-24(37)33-26(35)38/h2-7,12-13,16-17H,8-11,14-15H2,1H3,(H,33,37,38). The number of hydrogen-bond donors (Lipinski definition) is 1. The van der Waals surface area contributed by atoms with Crippen molar-refractivity contribution in [3.05, 3.63) is 78.3 Å². The Labute approximate surface area is 223 Å². The first-order valence-electron chi connectivity index (χ1n) is 12.9. The van der Waals surface area contributed by atoms with Crippen molar-refractivity contribution in [1.82, 2.24) is 30.0 Å². The number of urea groups is 1. The molecule has 4 aromatic rings. The van der Waals surface area contributed by atoms with E-state index in [-0.39, 0.29) is 24.7 Å². The van der Waals surface area contributed by atoms with E-state index in [4.69, 9.17) is 4.74 Å². The molecule has 0 spiro atoms. The molecule has 10 nitrogen and oxygen atoms in total. The first-order chi connectivity index (χ1) is 18.8. The molecule has 2 aromatic carbocycles. The number of epoxide rings is 1. The number of anilines is 1. The predicted octanol–water partition coefficient (Wildman–Crippen LogP) is 3.29. The molecule has 3 amide bonds. The second kappa shape index (κ2) is 8.65. The van der Waals surface area contributed by atoms with Crippen LogP contribution in [-0.4, -0.2) is 61.8 Å². The van der Waals surface area contributed by atoms with Gasteiger partial charge in [0.05, 0.1) is 23.1 Å². The molecule has 0 aliphatic carbocycles. The summed E-state index contributed by atoms with van der Waals surface area (Å²) in [5.41, 5.74) is 2.37. The Hall–Kier alpha value is -4.22. The van der Waals surface area contributed by atoms with Crippen molar-refractivity contribution in [1.29, 1.82) is 0 Å². The first-order valence-corrected chi connectivity index (χ1v) is 12.9. The summed E-state index contributed by atoms with van der Waals surface area (Å²) in [6, 6.07) is 12.9. The molecule has 2 unspecified atom stereocenters. The number of carbonyl (C=O) groups excluding carboxylic acids is 2. The summed E-state index contributed by atoms with van der Waals surface area (Å²) >= 11 is 0. The lowest BCUT2D eigenvalue weighted by Gasteiger charge is -2.33. The van der Waals surface area contributed by atoms with Crippen molar-refractivity contribution in [2.75, 3.05) is 24.5 Å². The molecule has 11 heteroatoms. The predicted molar refractivity (Wildman–Crippen MR) is 140 cm³/mol. The van der Waals surface area contributed by atoms with Crippen molar-refractivity contribution in [2.24, 2.45) is 0 Å². The maximum absolute atomic E-state index is 16.1. The molecule has 39 heavy (non-hydrogen) atoms. The Morgan fingerprint density at radius 3 is 2.69 bits per heavy atom. The Kier molecular flexibility index (Phi) is 5.29. The number of rotatable bonds is 5. The Morgan fingerprint density at radius 2 is 1.95 bits per heavy atom. The molecule has 3 aliphatic heterocycles. The van der Waals surface area contributed by atoms with Crippen LogP contribution in [0.3, 0.4) is 0 Å². The number of pyridine rings is 1. The SMILES string of the molecule is CC12CN(Cc3ccc(-n4cncn4)cc3)CCC1(c1ccc3ncc(N4CCC(=O)NC4=O)cc3c1F)O2. The lowest BCUT2D eigenvalue weighted by atomic mass is 9.80. The normalized spacial score (nSPS) is 25.0. The van der Waals surface area contributed by atoms with E-state index >= 15 is 4.39 Å². The maximum atomic E-state index is 16.1. The van der Waals surface area contributed by atoms with Crippen LogP contribution in [-0.2, 0) is 21.7 Å². The van der Waals surface area contributed by atoms with E-state index in [0.717, 1.165) is 18.8 Å². The van der Waals surface area contributed by atoms with E-state index in [2.05, 4.69) is 37.4 Å². The smallest absolute Gasteiger partial charge is 0.328 e. The molecule has 2 aromatic heterocycles. The highest BCUT2D eigenvalue weighted by molar-refractivity contribution is 6.06. The van der Waals surface area contributed by atoms with Crippen LogP contribution in [0.5, 0.6) is 0 Å². The number of nitrogens with one attached hydrogen (secondary N) is 1. The minimum Gasteiger partial charge on any atom is -0.356 e. The zero-order valence-electron chi connectivity index (χ0n) is 21.3. The van der Waals surface area contributed by atoms with Crippen LogP contribution >= 0.6 is 0 Å². The van der Waals surface area contributed by atoms with Crippen LogP contribution in [0, 0.1) is 5.82 Å². The van der Waals surface area contributed by atoms with Gasteiger partial charge in [-0.3, -0.25) is 24.9 Å². The summed E-state index contributed by atoms with van der Waals surface area (Å²) in [6.07, 6.45) is 5.55. The second-order valence-electron chi connectivity index (χ2n) is 10.6. The topological polar surface area (TPSA) is 109 Å². The van der Waals surface area contributed by atoms with Crippen molar-refractivity contribution < 1.29 is 18.7 Å². The number of benzene rings is 2. The molecule has 0 saturated carbocycles. The fourth-order valence-corrected chi connectivity index (χ4v) is 6.04. The number of nitrogens with zero attached hydrogens (tertiary/aromatic N) is 6. The van der Waals surface area contributed by atoms with E-state index in [1.54, 1.807) is 29.2 Å². The van der Waals surface area contributed by atoms with Gasteiger partial charge in [-0.2, -0.15) is 5.10 Å². The van der Waals surface area contributed by atoms with Crippen LogP contribution < -0.4 is 10.2 Å². The summed E-state index contributed by atoms with van der Waals surface area (Å²) < 4.78 is 24.1. The maximum Gasteiger partial charge on any atom is 0.328 e. The van der Waals surface area contributed by atoms with Crippen molar-refractivity contribution >= 4 is 28.5 Å². The lowest BCUT2D eigenvalue weighted by molar-refractivity contribution is -0.120. The van der Waals surface area contributed by atoms with E-state index in [1.807, 2.05) is 19.1 Å². The zero-order chi connectivity index (χ0) is 26.8. The molecule has 7 rings (SSSR count). The number of aromatic nitrogens is 4. The number of piperidine rings is 1. The third-order valence-electron chi connectivity index (χ3n) is 8.13. The van der Waals surface area contributed by atoms with E-state index < -0.39 is 17.2 Å². The molecular weight excluding hydrogens is 501 g/mol. The van der Waals surface area contributed by atoms with Crippen molar-refractivity contribution in [2.45, 2.75) is 37.5 Å². The Bertz CT molecular complexity index is 1610. The number of hydrogen-bond acceptors (Lipinski definition) is 7. The third-order valence-corrected chi connectivity index (χ3v) is 8.13. The Morgan fingerprint density at radius 1 is 1.10 bits per heavy atom. The summed E-state index contributed by atoms with van der Waals surface area (Å²) in [7, 11) is 0. The number of ether oxygens (including phenoxy) is 1. The van der Waals surface area contributed by atoms with Crippen molar-refractivity contribution in [3.8, 4) is 5.69 Å². The van der Waals surface area contributed by atoms with Crippen molar-refractivity contribution in [3.63, 3.8) is 0 Å². The minimum atomic E-state index is -0.705. The van der Waals surface area contributed by atoms with Gasteiger partial charge in [-0.05, 0) is 43.2 Å². The highest BCUT2D eigenvalue weighted by atomic mass is 19.1. The quantitative estimate of drug-likeness (QED) is 0.397. The summed E-state index contributed by atoms with van der Waals surface area (Å²) in [6.45, 7) is 4.47. The van der Waals surface area contributed by atoms with Crippen LogP contribution in [0.15, 0.2) is 61.3 Å². The van der Waals surface area contributed by atoms with Gasteiger partial charge in [0.2, 0.25) is 5.91 Å². The van der Waals surface area contributed by atoms with E-state index in [0.29, 0.717) is 35.1 Å². The molecule has 3 aliphatic rings. The highest BCUT2D eigenvalue weighted by Gasteiger charge is 2.70. The van der Waals surface area contributed by atoms with Crippen LogP contribution in [0.1, 0.15) is 30.9 Å². The van der Waals surface area contributed by atoms with Gasteiger partial charge in [0.15, 0.2) is 0 Å². The van der Waals surface area contributed by atoms with Gasteiger partial charge < -0.3 is 4.74 Å². The summed E-state index contributed by atoms with van der Waals surface area (Å²) in [4.78, 5) is 36.0. The molecule has 5 heterocycles. The number of imide groups is 1. The number of fused-ring (bicyclic) bond motifs is 2. The van der Waals surface area contributed by atoms with Gasteiger partial charge in [-0.1, -0.05) is 18.2 Å². The molecule has 3 fully saturated rings. The van der Waals surface area contributed by atoms with Crippen LogP contribution in [0.25, 0.3) is 16.6 Å². The molecule has 0 bridgehead atoms. The molecular formula is C28H26FN7O3. The van der Waals surface area contributed by atoms with Gasteiger partial charge in [0, 0.05) is 43.5 Å². The molecule has 198 valence electrons. The molecule has 2 atom stereocenters. The number of likely N-dealkylation sites (tertiary alicyclic amines) is 1. The van der Waals surface area contributed by atoms with E-state index in [9.17, 15) is 9.59 Å². The molecule has 0 radical (unpaired) electrons. The first kappa shape index (κ1) is 23.9. The van der Waals surface area contributed by atoms with Gasteiger partial charge in [0.25, 0.3) is 0 Å². The third kappa shape index (κ3) is 3.88. The molecule has 3 saturated heterocycles. The second-order valence-corrected chi connectivity index (χ2v) is 10.6. The van der Waals surface area contributed by atoms with Gasteiger partial charge in [0.1, 0.15) is 29.7 Å². The van der Waals surface area contributed by atoms with Gasteiger partial charge >= 0.3 is 6.03 Å². The molecule has 1 N–H and O–H groups in total. The largest absolute Gasteiger partial charge is 0.356 e. The van der Waals surface area contributed by atoms with Gasteiger partial charge in [-0.25, -0.2) is 18.9 Å². The fourth-order valence-electron chi connectivity index (χ4n) is 6.04. The summed E-state index contributed by atoms with van der Waals surface area (Å²) in [5, 5.41) is 6.79. The minimum absolute atomic E-state index is 0.185.